The van der Waals surface area contributed by atoms with Gasteiger partial charge in [0.2, 0.25) is 0 Å². The Morgan fingerprint density at radius 1 is 1.16 bits per heavy atom. The predicted molar refractivity (Wildman–Crippen MR) is 73.4 cm³/mol. The zero-order valence-corrected chi connectivity index (χ0v) is 10.6. The van der Waals surface area contributed by atoms with Gasteiger partial charge in [-0.1, -0.05) is 30.3 Å². The molecule has 0 heterocycles. The van der Waals surface area contributed by atoms with Crippen molar-refractivity contribution in [2.24, 2.45) is 0 Å². The van der Waals surface area contributed by atoms with Crippen LogP contribution in [0.5, 0.6) is 11.5 Å². The molecule has 1 amide bonds. The lowest BCUT2D eigenvalue weighted by Gasteiger charge is -2.10. The molecule has 0 atom stereocenters. The lowest BCUT2D eigenvalue weighted by molar-refractivity contribution is -0.118. The van der Waals surface area contributed by atoms with Gasteiger partial charge in [0.05, 0.1) is 5.69 Å². The second kappa shape index (κ2) is 5.91. The van der Waals surface area contributed by atoms with Gasteiger partial charge in [-0.25, -0.2) is 0 Å². The zero-order valence-electron chi connectivity index (χ0n) is 10.6. The maximum absolute atomic E-state index is 11.7. The van der Waals surface area contributed by atoms with Crippen molar-refractivity contribution in [2.75, 3.05) is 11.9 Å². The summed E-state index contributed by atoms with van der Waals surface area (Å²) in [4.78, 5) is 11.7. The van der Waals surface area contributed by atoms with Gasteiger partial charge in [0.25, 0.3) is 5.91 Å². The number of benzene rings is 2. The van der Waals surface area contributed by atoms with Crippen LogP contribution in [0, 0.1) is 6.92 Å². The minimum absolute atomic E-state index is 0.0340. The molecule has 0 spiro atoms. The predicted octanol–water partition coefficient (Wildman–Crippen LogP) is 2.72. The second-order valence-electron chi connectivity index (χ2n) is 4.12. The number of anilines is 1. The monoisotopic (exact) mass is 257 g/mol. The molecule has 0 unspecified atom stereocenters. The molecule has 19 heavy (non-hydrogen) atoms. The number of aryl methyl sites for hydroxylation is 1. The number of para-hydroxylation sites is 3. The van der Waals surface area contributed by atoms with Crippen LogP contribution in [-0.4, -0.2) is 17.6 Å². The maximum atomic E-state index is 11.7. The van der Waals surface area contributed by atoms with Crippen LogP contribution in [0.3, 0.4) is 0 Å². The lowest BCUT2D eigenvalue weighted by Crippen LogP contribution is -2.20. The summed E-state index contributed by atoms with van der Waals surface area (Å²) in [7, 11) is 0. The normalized spacial score (nSPS) is 9.95. The third-order valence-electron chi connectivity index (χ3n) is 2.63. The van der Waals surface area contributed by atoms with E-state index in [1.54, 1.807) is 18.2 Å². The molecule has 0 saturated carbocycles. The van der Waals surface area contributed by atoms with Crippen LogP contribution < -0.4 is 10.1 Å². The van der Waals surface area contributed by atoms with E-state index in [1.807, 2.05) is 31.2 Å². The first-order chi connectivity index (χ1) is 9.16. The summed E-state index contributed by atoms with van der Waals surface area (Å²) in [6.07, 6.45) is 0. The van der Waals surface area contributed by atoms with Gasteiger partial charge in [-0.3, -0.25) is 4.79 Å². The topological polar surface area (TPSA) is 58.6 Å². The molecule has 2 rings (SSSR count). The van der Waals surface area contributed by atoms with Crippen molar-refractivity contribution in [3.63, 3.8) is 0 Å². The summed E-state index contributed by atoms with van der Waals surface area (Å²) in [5.74, 6) is 0.395. The molecule has 2 aromatic carbocycles. The minimum atomic E-state index is -0.315. The van der Waals surface area contributed by atoms with Crippen LogP contribution in [0.1, 0.15) is 5.56 Å². The molecular weight excluding hydrogens is 242 g/mol. The van der Waals surface area contributed by atoms with Crippen molar-refractivity contribution < 1.29 is 14.6 Å². The van der Waals surface area contributed by atoms with E-state index in [0.29, 0.717) is 11.4 Å². The molecular formula is C15H15NO3. The molecule has 0 aromatic heterocycles. The molecule has 4 heteroatoms. The molecule has 0 radical (unpaired) electrons. The van der Waals surface area contributed by atoms with E-state index < -0.39 is 0 Å². The minimum Gasteiger partial charge on any atom is -0.506 e. The van der Waals surface area contributed by atoms with Crippen LogP contribution in [0.2, 0.25) is 0 Å². The third kappa shape index (κ3) is 3.48. The Hall–Kier alpha value is -2.49. The maximum Gasteiger partial charge on any atom is 0.262 e. The highest BCUT2D eigenvalue weighted by Crippen LogP contribution is 2.21. The fraction of sp³-hybridized carbons (Fsp3) is 0.133. The van der Waals surface area contributed by atoms with Gasteiger partial charge >= 0.3 is 0 Å². The van der Waals surface area contributed by atoms with Crippen LogP contribution in [-0.2, 0) is 4.79 Å². The summed E-state index contributed by atoms with van der Waals surface area (Å²) < 4.78 is 5.42. The summed E-state index contributed by atoms with van der Waals surface area (Å²) >= 11 is 0. The average molecular weight is 257 g/mol. The molecule has 98 valence electrons. The Balaban J connectivity index is 1.92. The molecule has 4 nitrogen and oxygen atoms in total. The average Bonchev–Trinajstić information content (AvgIpc) is 2.40. The number of nitrogens with one attached hydrogen (secondary N) is 1. The molecule has 0 aliphatic carbocycles. The fourth-order valence-corrected chi connectivity index (χ4v) is 1.63. The van der Waals surface area contributed by atoms with Crippen molar-refractivity contribution in [3.8, 4) is 11.5 Å². The van der Waals surface area contributed by atoms with Gasteiger partial charge in [-0.05, 0) is 30.7 Å². The van der Waals surface area contributed by atoms with Crippen molar-refractivity contribution in [3.05, 3.63) is 54.1 Å². The third-order valence-corrected chi connectivity index (χ3v) is 2.63. The van der Waals surface area contributed by atoms with Crippen molar-refractivity contribution in [1.29, 1.82) is 0 Å². The molecule has 0 saturated heterocycles. The Kier molecular flexibility index (Phi) is 4.03. The van der Waals surface area contributed by atoms with E-state index in [1.165, 1.54) is 6.07 Å². The lowest BCUT2D eigenvalue weighted by atomic mass is 10.2. The van der Waals surface area contributed by atoms with E-state index in [-0.39, 0.29) is 18.3 Å². The van der Waals surface area contributed by atoms with Crippen LogP contribution in [0.25, 0.3) is 0 Å². The van der Waals surface area contributed by atoms with Crippen LogP contribution in [0.4, 0.5) is 5.69 Å². The van der Waals surface area contributed by atoms with Crippen LogP contribution >= 0.6 is 0 Å². The number of aromatic hydroxyl groups is 1. The van der Waals surface area contributed by atoms with Gasteiger partial charge in [0.1, 0.15) is 11.5 Å². The van der Waals surface area contributed by atoms with Crippen LogP contribution in [0.15, 0.2) is 48.5 Å². The number of rotatable bonds is 4. The highest BCUT2D eigenvalue weighted by atomic mass is 16.5. The molecule has 0 aliphatic rings. The largest absolute Gasteiger partial charge is 0.506 e. The smallest absolute Gasteiger partial charge is 0.262 e. The first-order valence-electron chi connectivity index (χ1n) is 5.93. The van der Waals surface area contributed by atoms with Crippen molar-refractivity contribution in [1.82, 2.24) is 0 Å². The Morgan fingerprint density at radius 3 is 2.58 bits per heavy atom. The summed E-state index contributed by atoms with van der Waals surface area (Å²) in [6.45, 7) is 1.81. The molecule has 2 aromatic rings. The van der Waals surface area contributed by atoms with E-state index in [9.17, 15) is 9.90 Å². The quantitative estimate of drug-likeness (QED) is 0.828. The van der Waals surface area contributed by atoms with E-state index in [0.717, 1.165) is 5.56 Å². The van der Waals surface area contributed by atoms with Crippen molar-refractivity contribution in [2.45, 2.75) is 6.92 Å². The van der Waals surface area contributed by atoms with Gasteiger partial charge < -0.3 is 15.2 Å². The van der Waals surface area contributed by atoms with E-state index in [4.69, 9.17) is 4.74 Å². The van der Waals surface area contributed by atoms with Crippen molar-refractivity contribution >= 4 is 11.6 Å². The number of hydrogen-bond acceptors (Lipinski definition) is 3. The van der Waals surface area contributed by atoms with Gasteiger partial charge in [0.15, 0.2) is 6.61 Å². The number of carbonyl (C=O) groups is 1. The number of phenolic OH excluding ortho intramolecular Hbond substituents is 1. The Bertz CT molecular complexity index is 581. The highest BCUT2D eigenvalue weighted by Gasteiger charge is 2.07. The van der Waals surface area contributed by atoms with Gasteiger partial charge in [0, 0.05) is 0 Å². The standard InChI is InChI=1S/C15H15NO3/c1-11-6-2-5-9-14(11)19-10-15(18)16-12-7-3-4-8-13(12)17/h2-9,17H,10H2,1H3,(H,16,18). The molecule has 0 fully saturated rings. The number of phenols is 1. The first-order valence-corrected chi connectivity index (χ1v) is 5.93. The van der Waals surface area contributed by atoms with E-state index in [2.05, 4.69) is 5.32 Å². The highest BCUT2D eigenvalue weighted by molar-refractivity contribution is 5.93. The number of ether oxygens (including phenoxy) is 1. The molecule has 0 aliphatic heterocycles. The number of hydrogen-bond donors (Lipinski definition) is 2. The summed E-state index contributed by atoms with van der Waals surface area (Å²) in [5, 5.41) is 12.1. The second-order valence-corrected chi connectivity index (χ2v) is 4.12. The Morgan fingerprint density at radius 2 is 1.84 bits per heavy atom. The SMILES string of the molecule is Cc1ccccc1OCC(=O)Nc1ccccc1O. The zero-order chi connectivity index (χ0) is 13.7. The fourth-order valence-electron chi connectivity index (χ4n) is 1.63. The molecule has 2 N–H and O–H groups in total. The first kappa shape index (κ1) is 13.0. The van der Waals surface area contributed by atoms with Gasteiger partial charge in [-0.15, -0.1) is 0 Å². The summed E-state index contributed by atoms with van der Waals surface area (Å²) in [6, 6.07) is 14.0. The summed E-state index contributed by atoms with van der Waals surface area (Å²) in [5.41, 5.74) is 1.35. The number of carbonyl (C=O) groups excluding carboxylic acids is 1. The number of amides is 1. The van der Waals surface area contributed by atoms with E-state index >= 15 is 0 Å². The molecule has 0 bridgehead atoms. The van der Waals surface area contributed by atoms with Gasteiger partial charge in [-0.2, -0.15) is 0 Å². The Labute approximate surface area is 111 Å².